The first-order valence-corrected chi connectivity index (χ1v) is 43.1. The van der Waals surface area contributed by atoms with Gasteiger partial charge in [0, 0.05) is 114 Å². The molecule has 528 valence electrons. The van der Waals surface area contributed by atoms with E-state index < -0.39 is 40.5 Å². The number of nitrogens with zero attached hydrogens (tertiary/aromatic N) is 4. The number of hydrogen-bond acceptors (Lipinski definition) is 16. The average molecular weight is 1690 g/mol. The summed E-state index contributed by atoms with van der Waals surface area (Å²) in [6.45, 7) is 8.39. The Labute approximate surface area is 622 Å². The van der Waals surface area contributed by atoms with Crippen molar-refractivity contribution in [2.24, 2.45) is 0 Å². The molecule has 0 N–H and O–H groups in total. The van der Waals surface area contributed by atoms with Gasteiger partial charge in [0.1, 0.15) is 42.6 Å². The molecule has 4 saturated heterocycles. The lowest BCUT2D eigenvalue weighted by atomic mass is 9.88. The van der Waals surface area contributed by atoms with Crippen LogP contribution in [0.5, 0.6) is 23.0 Å². The molecule has 0 amide bonds. The molecule has 0 atom stereocenters. The first kappa shape index (κ1) is 72.9. The van der Waals surface area contributed by atoms with Crippen molar-refractivity contribution in [2.75, 3.05) is 52.4 Å². The molecular weight excluding hydrogens is 1610 g/mol. The molecule has 0 aromatic heterocycles. The van der Waals surface area contributed by atoms with E-state index in [1.807, 2.05) is 48.5 Å². The Morgan fingerprint density at radius 1 is 0.250 bits per heavy atom. The van der Waals surface area contributed by atoms with Crippen LogP contribution in [0.2, 0.25) is 0 Å². The van der Waals surface area contributed by atoms with Gasteiger partial charge in [0.2, 0.25) is 0 Å². The van der Waals surface area contributed by atoms with Gasteiger partial charge in [-0.15, -0.1) is 0 Å². The fourth-order valence-electron chi connectivity index (χ4n) is 14.5. The molecular formula is C76H80Br4N4O12S4. The van der Waals surface area contributed by atoms with Crippen LogP contribution < -0.4 is 16.7 Å². The molecule has 24 heteroatoms. The molecule has 0 spiro atoms. The topological polar surface area (TPSA) is 186 Å². The lowest BCUT2D eigenvalue weighted by Crippen LogP contribution is -2.29. The van der Waals surface area contributed by atoms with E-state index in [2.05, 4.69) is 83.3 Å². The first-order valence-electron chi connectivity index (χ1n) is 34.3. The van der Waals surface area contributed by atoms with Crippen LogP contribution in [0.25, 0.3) is 0 Å². The summed E-state index contributed by atoms with van der Waals surface area (Å²) in [6.07, 6.45) is 11.6. The van der Waals surface area contributed by atoms with Crippen LogP contribution in [-0.2, 0) is 92.3 Å². The Bertz CT molecular complexity index is 4060. The summed E-state index contributed by atoms with van der Waals surface area (Å²) in [7, 11) is -18.8. The molecule has 5 aliphatic rings. The van der Waals surface area contributed by atoms with Crippen LogP contribution in [0, 0.1) is 0 Å². The van der Waals surface area contributed by atoms with Crippen LogP contribution in [-0.4, -0.2) is 106 Å². The van der Waals surface area contributed by atoms with Gasteiger partial charge in [-0.25, -0.2) is 0 Å². The zero-order chi connectivity index (χ0) is 69.8. The third-order valence-electron chi connectivity index (χ3n) is 19.3. The number of piperidine rings is 4. The van der Waals surface area contributed by atoms with Crippen LogP contribution >= 0.6 is 63.7 Å². The zero-order valence-corrected chi connectivity index (χ0v) is 65.1. The number of rotatable bonds is 20. The molecule has 1 aliphatic carbocycles. The smallest absolute Gasteiger partial charge is 0.339 e. The highest BCUT2D eigenvalue weighted by Crippen LogP contribution is 2.45. The predicted molar refractivity (Wildman–Crippen MR) is 401 cm³/mol. The monoisotopic (exact) mass is 1680 g/mol. The number of hydrogen-bond donors (Lipinski definition) is 0. The van der Waals surface area contributed by atoms with Crippen molar-refractivity contribution in [3.63, 3.8) is 0 Å². The van der Waals surface area contributed by atoms with Crippen LogP contribution in [0.1, 0.15) is 144 Å². The van der Waals surface area contributed by atoms with E-state index in [0.29, 0.717) is 88.6 Å². The maximum atomic E-state index is 15.3. The van der Waals surface area contributed by atoms with Crippen LogP contribution in [0.15, 0.2) is 183 Å². The molecule has 4 fully saturated rings. The van der Waals surface area contributed by atoms with E-state index >= 15 is 33.7 Å². The summed E-state index contributed by atoms with van der Waals surface area (Å²) < 4.78 is 152. The highest BCUT2D eigenvalue weighted by Gasteiger charge is 2.33. The molecule has 4 aliphatic heterocycles. The van der Waals surface area contributed by atoms with E-state index in [0.717, 1.165) is 152 Å². The van der Waals surface area contributed by atoms with E-state index in [1.54, 1.807) is 48.5 Å². The minimum Gasteiger partial charge on any atom is -0.378 e. The highest BCUT2D eigenvalue weighted by atomic mass is 79.9. The lowest BCUT2D eigenvalue weighted by Gasteiger charge is -2.29. The minimum absolute atomic E-state index is 0.0341. The van der Waals surface area contributed by atoms with E-state index in [9.17, 15) is 0 Å². The standard InChI is InChI=1S/C76H80Br4N4O12S4/c77-65-13-21-69(22-14-65)97(85,86)93-73-57-37-53(49-81-29-5-1-6-30-81)38-58(73)46-60-40-55(51-83-33-9-3-10-34-83)42-62(75(60)95-99(89,90)71-25-17-67(79)18-26-71)48-64-44-56(52-84-35-11-4-12-36-84)43-63(76(64)96-100(91,92)72-27-19-68(80)20-28-72)47-61-41-54(50-82-31-7-2-8-32-82)39-59(45-57)74(61)94-98(87,88)70-23-15-66(78)16-24-70/h13-28,37-44H,1-12,29-36,45-52H2. The molecule has 0 radical (unpaired) electrons. The van der Waals surface area contributed by atoms with Crippen molar-refractivity contribution in [3.8, 4) is 23.0 Å². The molecule has 8 aromatic rings. The Balaban J connectivity index is 1.14. The largest absolute Gasteiger partial charge is 0.378 e. The second kappa shape index (κ2) is 31.9. The van der Waals surface area contributed by atoms with Crippen molar-refractivity contribution in [1.29, 1.82) is 0 Å². The van der Waals surface area contributed by atoms with E-state index in [1.165, 1.54) is 48.5 Å². The predicted octanol–water partition coefficient (Wildman–Crippen LogP) is 16.4. The van der Waals surface area contributed by atoms with Gasteiger partial charge < -0.3 is 16.7 Å². The van der Waals surface area contributed by atoms with Gasteiger partial charge in [0.15, 0.2) is 0 Å². The highest BCUT2D eigenvalue weighted by molar-refractivity contribution is 9.11. The average Bonchev–Trinajstić information content (AvgIpc) is 0.760. The molecule has 100 heavy (non-hydrogen) atoms. The fraction of sp³-hybridized carbons (Fsp3) is 0.368. The summed E-state index contributed by atoms with van der Waals surface area (Å²) in [6, 6.07) is 40.2. The van der Waals surface area contributed by atoms with Gasteiger partial charge in [0.05, 0.1) is 0 Å². The lowest BCUT2D eigenvalue weighted by molar-refractivity contribution is 0.220. The Morgan fingerprint density at radius 2 is 0.410 bits per heavy atom. The molecule has 0 unspecified atom stereocenters. The number of halogens is 4. The summed E-state index contributed by atoms with van der Waals surface area (Å²) in [4.78, 5) is 8.98. The van der Waals surface area contributed by atoms with Crippen molar-refractivity contribution >= 4 is 104 Å². The second-order valence-electron chi connectivity index (χ2n) is 27.0. The summed E-state index contributed by atoms with van der Waals surface area (Å²) in [5.41, 5.74) is 6.33. The maximum absolute atomic E-state index is 15.3. The molecule has 0 saturated carbocycles. The number of benzene rings is 8. The van der Waals surface area contributed by atoms with Gasteiger partial charge in [-0.3, -0.25) is 19.6 Å². The molecule has 4 heterocycles. The maximum Gasteiger partial charge on any atom is 0.339 e. The SMILES string of the molecule is O=S(=O)(Oc1c2cc(CN3CCCCC3)cc1Cc1cc(CN3CCCCC3)cc(c1OS(=O)(=O)c1ccc(Br)cc1)Cc1cc(CN3CCCCC3)cc(c1OS(=O)(=O)c1ccc(Br)cc1)Cc1cc(CN3CCCCC3)cc(c1OS(=O)(=O)c1ccc(Br)cc1)C2)c1ccc(Br)cc1. The van der Waals surface area contributed by atoms with E-state index in [4.69, 9.17) is 16.7 Å². The summed E-state index contributed by atoms with van der Waals surface area (Å²) >= 11 is 13.9. The number of fused-ring (bicyclic) bond motifs is 8. The van der Waals surface area contributed by atoms with Crippen molar-refractivity contribution in [1.82, 2.24) is 19.6 Å². The molecule has 8 aromatic carbocycles. The van der Waals surface area contributed by atoms with Crippen molar-refractivity contribution in [3.05, 3.63) is 230 Å². The van der Waals surface area contributed by atoms with Gasteiger partial charge >= 0.3 is 40.5 Å². The third kappa shape index (κ3) is 18.2. The first-order chi connectivity index (χ1) is 48.0. The van der Waals surface area contributed by atoms with Gasteiger partial charge in [-0.1, -0.05) is 138 Å². The second-order valence-corrected chi connectivity index (χ2v) is 36.8. The van der Waals surface area contributed by atoms with E-state index in [-0.39, 0.29) is 68.3 Å². The molecule has 16 nitrogen and oxygen atoms in total. The summed E-state index contributed by atoms with van der Waals surface area (Å²) in [5.74, 6) is -0.136. The minimum atomic E-state index is -4.70. The Kier molecular flexibility index (Phi) is 23.2. The van der Waals surface area contributed by atoms with Crippen molar-refractivity contribution in [2.45, 2.75) is 148 Å². The zero-order valence-electron chi connectivity index (χ0n) is 55.5. The normalized spacial score (nSPS) is 17.2. The van der Waals surface area contributed by atoms with Crippen molar-refractivity contribution < 1.29 is 50.4 Å². The van der Waals surface area contributed by atoms with Crippen LogP contribution in [0.3, 0.4) is 0 Å². The quantitative estimate of drug-likeness (QED) is 0.0655. The van der Waals surface area contributed by atoms with Crippen LogP contribution in [0.4, 0.5) is 0 Å². The van der Waals surface area contributed by atoms with Gasteiger partial charge in [-0.05, 0) is 223 Å². The van der Waals surface area contributed by atoms with Gasteiger partial charge in [0.25, 0.3) is 0 Å². The number of likely N-dealkylation sites (tertiary alicyclic amines) is 4. The fourth-order valence-corrected chi connectivity index (χ4v) is 19.6. The van der Waals surface area contributed by atoms with Gasteiger partial charge in [-0.2, -0.15) is 33.7 Å². The Morgan fingerprint density at radius 3 is 0.570 bits per heavy atom. The third-order valence-corrected chi connectivity index (χ3v) is 26.4. The summed E-state index contributed by atoms with van der Waals surface area (Å²) in [5, 5.41) is 0. The molecule has 13 rings (SSSR count). The molecule has 8 bridgehead atoms. The Hall–Kier alpha value is -5.48.